The molecule has 11 heteroatoms. The fraction of sp³-hybridized carbons (Fsp3) is 0.410. The van der Waals surface area contributed by atoms with Crippen molar-refractivity contribution in [3.63, 3.8) is 0 Å². The van der Waals surface area contributed by atoms with Crippen LogP contribution in [-0.4, -0.2) is 69.4 Å². The summed E-state index contributed by atoms with van der Waals surface area (Å²) >= 11 is 6.43. The Labute approximate surface area is 298 Å². The van der Waals surface area contributed by atoms with E-state index in [2.05, 4.69) is 15.2 Å². The summed E-state index contributed by atoms with van der Waals surface area (Å²) in [6, 6.07) is 21.6. The van der Waals surface area contributed by atoms with Gasteiger partial charge in [0, 0.05) is 29.1 Å². The zero-order valence-electron chi connectivity index (χ0n) is 29.4. The third kappa shape index (κ3) is 10.7. The third-order valence-electron chi connectivity index (χ3n) is 7.90. The molecule has 10 nitrogen and oxygen atoms in total. The zero-order valence-corrected chi connectivity index (χ0v) is 30.2. The number of amides is 1. The molecule has 1 aliphatic heterocycles. The molecule has 3 aromatic carbocycles. The van der Waals surface area contributed by atoms with Gasteiger partial charge in [0.15, 0.2) is 5.92 Å². The molecule has 2 atom stereocenters. The lowest BCUT2D eigenvalue weighted by molar-refractivity contribution is -0.175. The molecule has 0 bridgehead atoms. The second-order valence-corrected chi connectivity index (χ2v) is 14.7. The summed E-state index contributed by atoms with van der Waals surface area (Å²) in [6.45, 7) is 11.2. The van der Waals surface area contributed by atoms with Gasteiger partial charge in [-0.1, -0.05) is 78.3 Å². The predicted octanol–water partition coefficient (Wildman–Crippen LogP) is 6.92. The Morgan fingerprint density at radius 3 is 2.06 bits per heavy atom. The fourth-order valence-electron chi connectivity index (χ4n) is 5.69. The van der Waals surface area contributed by atoms with Gasteiger partial charge in [0.1, 0.15) is 17.2 Å². The number of halogens is 1. The number of carboxylic acid groups (broad SMARTS) is 1. The van der Waals surface area contributed by atoms with E-state index in [0.717, 1.165) is 18.5 Å². The van der Waals surface area contributed by atoms with Gasteiger partial charge in [-0.3, -0.25) is 24.3 Å². The number of likely N-dealkylation sites (tertiary alicyclic amines) is 1. The zero-order chi connectivity index (χ0) is 36.6. The summed E-state index contributed by atoms with van der Waals surface area (Å²) in [5.74, 6) is -4.92. The number of esters is 2. The number of rotatable bonds is 12. The SMILES string of the molecule is CC(C)(C)OC(=O)C(C[C@@H](N=C(c1ccccc1)c1ccccc1NC(=O)[C@@H]1CCCN1Cc1ccccc1Cl)C(=O)O)C(=O)OC(C)(C)C. The largest absolute Gasteiger partial charge is 0.480 e. The molecule has 50 heavy (non-hydrogen) atoms. The van der Waals surface area contributed by atoms with Crippen molar-refractivity contribution in [1.82, 2.24) is 4.90 Å². The van der Waals surface area contributed by atoms with E-state index in [9.17, 15) is 24.3 Å². The summed E-state index contributed by atoms with van der Waals surface area (Å²) in [5, 5.41) is 14.1. The van der Waals surface area contributed by atoms with Crippen LogP contribution in [0.15, 0.2) is 83.9 Å². The number of para-hydroxylation sites is 1. The van der Waals surface area contributed by atoms with Gasteiger partial charge < -0.3 is 19.9 Å². The molecular weight excluding hydrogens is 658 g/mol. The first-order valence-electron chi connectivity index (χ1n) is 16.7. The minimum absolute atomic E-state index is 0.209. The smallest absolute Gasteiger partial charge is 0.328 e. The van der Waals surface area contributed by atoms with Crippen LogP contribution in [0.4, 0.5) is 5.69 Å². The molecular formula is C39H46ClN3O7. The molecule has 0 unspecified atom stereocenters. The highest BCUT2D eigenvalue weighted by molar-refractivity contribution is 6.31. The van der Waals surface area contributed by atoms with Crippen molar-refractivity contribution >= 4 is 46.8 Å². The number of carbonyl (C=O) groups is 4. The van der Waals surface area contributed by atoms with Gasteiger partial charge >= 0.3 is 17.9 Å². The van der Waals surface area contributed by atoms with E-state index in [0.29, 0.717) is 34.8 Å². The van der Waals surface area contributed by atoms with E-state index in [1.165, 1.54) is 0 Å². The lowest BCUT2D eigenvalue weighted by Crippen LogP contribution is -2.40. The molecule has 1 saturated heterocycles. The molecule has 1 heterocycles. The van der Waals surface area contributed by atoms with Gasteiger partial charge in [-0.25, -0.2) is 4.79 Å². The first-order chi connectivity index (χ1) is 23.5. The van der Waals surface area contributed by atoms with Gasteiger partial charge in [-0.2, -0.15) is 0 Å². The topological polar surface area (TPSA) is 135 Å². The number of carbonyl (C=O) groups excluding carboxylic acids is 3. The molecule has 4 rings (SSSR count). The van der Waals surface area contributed by atoms with E-state index in [-0.39, 0.29) is 11.6 Å². The normalized spacial score (nSPS) is 16.2. The highest BCUT2D eigenvalue weighted by Crippen LogP contribution is 2.28. The molecule has 0 spiro atoms. The van der Waals surface area contributed by atoms with E-state index in [1.807, 2.05) is 30.3 Å². The molecule has 1 fully saturated rings. The molecule has 1 aliphatic rings. The van der Waals surface area contributed by atoms with Crippen molar-refractivity contribution in [3.8, 4) is 0 Å². The molecule has 0 saturated carbocycles. The van der Waals surface area contributed by atoms with E-state index < -0.39 is 53.5 Å². The minimum Gasteiger partial charge on any atom is -0.480 e. The number of anilines is 1. The summed E-state index contributed by atoms with van der Waals surface area (Å²) in [5.41, 5.74) is 0.809. The number of carboxylic acids is 1. The lowest BCUT2D eigenvalue weighted by atomic mass is 9.96. The van der Waals surface area contributed by atoms with E-state index in [4.69, 9.17) is 21.1 Å². The number of aliphatic carboxylic acids is 1. The standard InChI is InChI=1S/C39H46ClN3O7/c1-38(2,3)49-36(47)28(37(48)50-39(4,5)6)23-31(35(45)46)41-33(25-15-8-7-9-16-25)27-18-11-13-20-30(27)42-34(44)32-21-14-22-43(32)24-26-17-10-12-19-29(26)40/h7-13,15-20,28,31-32H,14,21-24H2,1-6H3,(H,42,44)(H,45,46)/t31-,32+/m1/s1. The van der Waals surface area contributed by atoms with Crippen LogP contribution in [0, 0.1) is 5.92 Å². The van der Waals surface area contributed by atoms with Crippen molar-refractivity contribution in [1.29, 1.82) is 0 Å². The molecule has 0 aliphatic carbocycles. The van der Waals surface area contributed by atoms with E-state index in [1.54, 1.807) is 90.1 Å². The van der Waals surface area contributed by atoms with Crippen LogP contribution in [0.3, 0.4) is 0 Å². The summed E-state index contributed by atoms with van der Waals surface area (Å²) < 4.78 is 11.0. The highest BCUT2D eigenvalue weighted by Gasteiger charge is 2.39. The first-order valence-corrected chi connectivity index (χ1v) is 17.1. The van der Waals surface area contributed by atoms with Crippen LogP contribution in [-0.2, 0) is 35.2 Å². The Morgan fingerprint density at radius 1 is 0.880 bits per heavy atom. The Morgan fingerprint density at radius 2 is 1.46 bits per heavy atom. The number of nitrogens with zero attached hydrogens (tertiary/aromatic N) is 2. The molecule has 1 amide bonds. The van der Waals surface area contributed by atoms with Crippen molar-refractivity contribution in [3.05, 3.63) is 101 Å². The monoisotopic (exact) mass is 703 g/mol. The average molecular weight is 704 g/mol. The van der Waals surface area contributed by atoms with Crippen molar-refractivity contribution in [2.75, 3.05) is 11.9 Å². The maximum atomic E-state index is 13.8. The van der Waals surface area contributed by atoms with Gasteiger partial charge in [0.25, 0.3) is 0 Å². The van der Waals surface area contributed by atoms with Crippen molar-refractivity contribution in [2.24, 2.45) is 10.9 Å². The van der Waals surface area contributed by atoms with Crippen molar-refractivity contribution in [2.45, 2.75) is 90.6 Å². The number of aliphatic imine (C=N–C) groups is 1. The second kappa shape index (κ2) is 16.4. The number of hydrogen-bond donors (Lipinski definition) is 2. The number of benzene rings is 3. The van der Waals surface area contributed by atoms with Crippen LogP contribution in [0.2, 0.25) is 5.02 Å². The molecule has 2 N–H and O–H groups in total. The number of nitrogens with one attached hydrogen (secondary N) is 1. The number of ether oxygens (including phenoxy) is 2. The van der Waals surface area contributed by atoms with Crippen LogP contribution < -0.4 is 5.32 Å². The number of hydrogen-bond acceptors (Lipinski definition) is 8. The molecule has 0 aromatic heterocycles. The minimum atomic E-state index is -1.56. The Bertz CT molecular complexity index is 1680. The maximum absolute atomic E-state index is 13.8. The highest BCUT2D eigenvalue weighted by atomic mass is 35.5. The van der Waals surface area contributed by atoms with Crippen LogP contribution in [0.5, 0.6) is 0 Å². The lowest BCUT2D eigenvalue weighted by Gasteiger charge is -2.27. The molecule has 3 aromatic rings. The van der Waals surface area contributed by atoms with Crippen LogP contribution in [0.1, 0.15) is 77.5 Å². The van der Waals surface area contributed by atoms with Gasteiger partial charge in [0.2, 0.25) is 5.91 Å². The average Bonchev–Trinajstić information content (AvgIpc) is 3.49. The maximum Gasteiger partial charge on any atom is 0.328 e. The van der Waals surface area contributed by atoms with Crippen LogP contribution in [0.25, 0.3) is 0 Å². The Kier molecular flexibility index (Phi) is 12.6. The predicted molar refractivity (Wildman–Crippen MR) is 193 cm³/mol. The molecule has 266 valence electrons. The Hall–Kier alpha value is -4.54. The third-order valence-corrected chi connectivity index (χ3v) is 8.27. The van der Waals surface area contributed by atoms with E-state index >= 15 is 0 Å². The quantitative estimate of drug-likeness (QED) is 0.118. The van der Waals surface area contributed by atoms with Crippen molar-refractivity contribution < 1.29 is 33.8 Å². The fourth-order valence-corrected chi connectivity index (χ4v) is 5.89. The molecule has 0 radical (unpaired) electrons. The van der Waals surface area contributed by atoms with Gasteiger partial charge in [-0.15, -0.1) is 0 Å². The summed E-state index contributed by atoms with van der Waals surface area (Å²) in [4.78, 5) is 60.0. The van der Waals surface area contributed by atoms with Gasteiger partial charge in [-0.05, 0) is 78.6 Å². The van der Waals surface area contributed by atoms with Gasteiger partial charge in [0.05, 0.1) is 17.4 Å². The second-order valence-electron chi connectivity index (χ2n) is 14.3. The Balaban J connectivity index is 1.71. The summed E-state index contributed by atoms with van der Waals surface area (Å²) in [7, 11) is 0. The summed E-state index contributed by atoms with van der Waals surface area (Å²) in [6.07, 6.45) is 0.997. The first kappa shape index (κ1) is 38.3. The van der Waals surface area contributed by atoms with Crippen LogP contribution >= 0.6 is 11.6 Å².